The van der Waals surface area contributed by atoms with Crippen molar-refractivity contribution in [1.82, 2.24) is 15.0 Å². The molecular formula is C16H13N3OS. The minimum absolute atomic E-state index is 0.0602. The fourth-order valence-corrected chi connectivity index (χ4v) is 3.97. The van der Waals surface area contributed by atoms with Gasteiger partial charge in [0.25, 0.3) is 5.56 Å². The lowest BCUT2D eigenvalue weighted by atomic mass is 10.0. The van der Waals surface area contributed by atoms with Crippen LogP contribution in [0.1, 0.15) is 11.5 Å². The number of fused-ring (bicyclic) bond motifs is 2. The van der Waals surface area contributed by atoms with E-state index in [9.17, 15) is 4.79 Å². The first-order valence-corrected chi connectivity index (χ1v) is 7.86. The molecule has 0 amide bonds. The van der Waals surface area contributed by atoms with Gasteiger partial charge >= 0.3 is 0 Å². The first-order valence-electron chi connectivity index (χ1n) is 6.87. The van der Waals surface area contributed by atoms with E-state index in [1.165, 1.54) is 15.1 Å². The highest BCUT2D eigenvalue weighted by Gasteiger charge is 2.24. The molecule has 0 N–H and O–H groups in total. The fourth-order valence-electron chi connectivity index (χ4n) is 2.73. The molecule has 1 aliphatic rings. The summed E-state index contributed by atoms with van der Waals surface area (Å²) in [6, 6.07) is 15.7. The van der Waals surface area contributed by atoms with Crippen LogP contribution in [0.2, 0.25) is 0 Å². The van der Waals surface area contributed by atoms with Crippen LogP contribution >= 0.6 is 11.8 Å². The smallest absolute Gasteiger partial charge is 0.267 e. The van der Waals surface area contributed by atoms with E-state index in [-0.39, 0.29) is 5.56 Å². The minimum Gasteiger partial charge on any atom is -0.267 e. The number of thioether (sulfide) groups is 1. The van der Waals surface area contributed by atoms with Gasteiger partial charge in [-0.15, -0.1) is 16.9 Å². The highest BCUT2D eigenvalue weighted by molar-refractivity contribution is 7.99. The van der Waals surface area contributed by atoms with Crippen molar-refractivity contribution in [2.75, 3.05) is 5.75 Å². The topological polar surface area (TPSA) is 47.8 Å². The van der Waals surface area contributed by atoms with Gasteiger partial charge < -0.3 is 0 Å². The number of nitrogens with zero attached hydrogens (tertiary/aromatic N) is 3. The Morgan fingerprint density at radius 2 is 1.95 bits per heavy atom. The van der Waals surface area contributed by atoms with E-state index in [4.69, 9.17) is 0 Å². The Hall–Kier alpha value is -2.14. The van der Waals surface area contributed by atoms with Crippen LogP contribution in [0.25, 0.3) is 10.9 Å². The molecule has 4 rings (SSSR count). The molecule has 0 spiro atoms. The molecule has 1 aliphatic heterocycles. The van der Waals surface area contributed by atoms with Gasteiger partial charge in [-0.05, 0) is 23.8 Å². The summed E-state index contributed by atoms with van der Waals surface area (Å²) in [6.07, 6.45) is 0. The van der Waals surface area contributed by atoms with Crippen LogP contribution in [-0.4, -0.2) is 20.7 Å². The van der Waals surface area contributed by atoms with Gasteiger partial charge in [0.2, 0.25) is 0 Å². The van der Waals surface area contributed by atoms with Crippen molar-refractivity contribution in [3.05, 3.63) is 64.4 Å². The highest BCUT2D eigenvalue weighted by Crippen LogP contribution is 2.39. The van der Waals surface area contributed by atoms with Gasteiger partial charge in [0, 0.05) is 16.6 Å². The number of benzene rings is 2. The summed E-state index contributed by atoms with van der Waals surface area (Å²) in [4.78, 5) is 13.8. The summed E-state index contributed by atoms with van der Waals surface area (Å²) in [5.74, 6) is 1.31. The molecule has 5 heteroatoms. The number of hydrogen-bond donors (Lipinski definition) is 0. The zero-order valence-electron chi connectivity index (χ0n) is 11.3. The molecule has 0 saturated carbocycles. The maximum absolute atomic E-state index is 12.5. The molecule has 0 bridgehead atoms. The van der Waals surface area contributed by atoms with Gasteiger partial charge in [-0.25, -0.2) is 4.68 Å². The van der Waals surface area contributed by atoms with Crippen LogP contribution < -0.4 is 5.56 Å². The van der Waals surface area contributed by atoms with E-state index >= 15 is 0 Å². The molecule has 0 saturated heterocycles. The minimum atomic E-state index is -0.0602. The second-order valence-electron chi connectivity index (χ2n) is 5.14. The Kier molecular flexibility index (Phi) is 3.00. The first kappa shape index (κ1) is 12.6. The van der Waals surface area contributed by atoms with Gasteiger partial charge in [-0.2, -0.15) is 0 Å². The predicted molar refractivity (Wildman–Crippen MR) is 83.7 cm³/mol. The largest absolute Gasteiger partial charge is 0.277 e. The number of hydrogen-bond acceptors (Lipinski definition) is 4. The van der Waals surface area contributed by atoms with Crippen molar-refractivity contribution < 1.29 is 0 Å². The van der Waals surface area contributed by atoms with Crippen molar-refractivity contribution in [2.24, 2.45) is 0 Å². The average Bonchev–Trinajstić information content (AvgIpc) is 2.94. The summed E-state index contributed by atoms with van der Waals surface area (Å²) in [5, 5.41) is 8.86. The third-order valence-electron chi connectivity index (χ3n) is 3.82. The second kappa shape index (κ2) is 5.00. The fraction of sp³-hybridized carbons (Fsp3) is 0.188. The molecule has 104 valence electrons. The predicted octanol–water partition coefficient (Wildman–Crippen LogP) is 2.68. The van der Waals surface area contributed by atoms with Crippen LogP contribution in [0.15, 0.2) is 58.2 Å². The lowest BCUT2D eigenvalue weighted by molar-refractivity contribution is 0.502. The third kappa shape index (κ3) is 2.14. The molecule has 2 heterocycles. The van der Waals surface area contributed by atoms with Crippen LogP contribution in [-0.2, 0) is 6.54 Å². The summed E-state index contributed by atoms with van der Waals surface area (Å²) >= 11 is 1.84. The van der Waals surface area contributed by atoms with E-state index in [0.29, 0.717) is 23.4 Å². The third-order valence-corrected chi connectivity index (χ3v) is 5.07. The van der Waals surface area contributed by atoms with Gasteiger partial charge in [0.05, 0.1) is 11.9 Å². The maximum Gasteiger partial charge on any atom is 0.277 e. The van der Waals surface area contributed by atoms with Crippen LogP contribution in [0.4, 0.5) is 0 Å². The Bertz CT molecular complexity index is 875. The normalized spacial score (nSPS) is 17.0. The van der Waals surface area contributed by atoms with Gasteiger partial charge in [0.15, 0.2) is 0 Å². The van der Waals surface area contributed by atoms with E-state index in [1.807, 2.05) is 36.0 Å². The number of rotatable bonds is 2. The Labute approximate surface area is 125 Å². The van der Waals surface area contributed by atoms with Crippen molar-refractivity contribution in [2.45, 2.75) is 17.4 Å². The summed E-state index contributed by atoms with van der Waals surface area (Å²) < 4.78 is 1.50. The van der Waals surface area contributed by atoms with E-state index in [2.05, 4.69) is 28.5 Å². The molecule has 1 atom stereocenters. The molecule has 3 aromatic rings. The van der Waals surface area contributed by atoms with E-state index < -0.39 is 0 Å². The van der Waals surface area contributed by atoms with Crippen molar-refractivity contribution in [3.63, 3.8) is 0 Å². The number of aromatic nitrogens is 3. The average molecular weight is 295 g/mol. The zero-order valence-corrected chi connectivity index (χ0v) is 12.1. The Morgan fingerprint density at radius 1 is 1.14 bits per heavy atom. The quantitative estimate of drug-likeness (QED) is 0.729. The van der Waals surface area contributed by atoms with Crippen LogP contribution in [0.3, 0.4) is 0 Å². The van der Waals surface area contributed by atoms with Gasteiger partial charge in [-0.1, -0.05) is 35.5 Å². The molecule has 0 aliphatic carbocycles. The molecule has 0 fully saturated rings. The monoisotopic (exact) mass is 295 g/mol. The molecule has 1 unspecified atom stereocenters. The van der Waals surface area contributed by atoms with Crippen LogP contribution in [0, 0.1) is 0 Å². The molecule has 2 aromatic carbocycles. The summed E-state index contributed by atoms with van der Waals surface area (Å²) in [5.41, 5.74) is 1.90. The summed E-state index contributed by atoms with van der Waals surface area (Å²) in [7, 11) is 0. The molecule has 0 radical (unpaired) electrons. The molecule has 21 heavy (non-hydrogen) atoms. The lowest BCUT2D eigenvalue weighted by Gasteiger charge is -2.11. The van der Waals surface area contributed by atoms with Gasteiger partial charge in [-0.3, -0.25) is 4.79 Å². The first-order chi connectivity index (χ1) is 10.3. The maximum atomic E-state index is 12.5. The SMILES string of the molecule is O=c1c2ccccc2nnn1CC1CSc2ccccc21. The van der Waals surface area contributed by atoms with Crippen molar-refractivity contribution in [1.29, 1.82) is 0 Å². The molecule has 1 aromatic heterocycles. The highest BCUT2D eigenvalue weighted by atomic mass is 32.2. The Morgan fingerprint density at radius 3 is 2.90 bits per heavy atom. The van der Waals surface area contributed by atoms with E-state index in [0.717, 1.165) is 5.75 Å². The zero-order chi connectivity index (χ0) is 14.2. The standard InChI is InChI=1S/C16H13N3OS/c20-16-13-6-1-3-7-14(13)17-18-19(16)9-11-10-21-15-8-4-2-5-12(11)15/h1-8,11H,9-10H2. The van der Waals surface area contributed by atoms with Crippen LogP contribution in [0.5, 0.6) is 0 Å². The molecule has 4 nitrogen and oxygen atoms in total. The Balaban J connectivity index is 1.73. The van der Waals surface area contributed by atoms with Gasteiger partial charge in [0.1, 0.15) is 5.52 Å². The van der Waals surface area contributed by atoms with Crippen molar-refractivity contribution >= 4 is 22.7 Å². The summed E-state index contributed by atoms with van der Waals surface area (Å²) in [6.45, 7) is 0.584. The van der Waals surface area contributed by atoms with E-state index in [1.54, 1.807) is 6.07 Å². The second-order valence-corrected chi connectivity index (χ2v) is 6.20. The van der Waals surface area contributed by atoms with Crippen molar-refractivity contribution in [3.8, 4) is 0 Å². The lowest BCUT2D eigenvalue weighted by Crippen LogP contribution is -2.27. The molecular weight excluding hydrogens is 282 g/mol.